The van der Waals surface area contributed by atoms with Gasteiger partial charge < -0.3 is 51.5 Å². The third-order valence-corrected chi connectivity index (χ3v) is 5.23. The highest BCUT2D eigenvalue weighted by Gasteiger charge is 2.74. The Balaban J connectivity index is 2.82. The zero-order valence-corrected chi connectivity index (χ0v) is 16.7. The Bertz CT molecular complexity index is 1040. The molecular formula is C16H22N6O10. The van der Waals surface area contributed by atoms with Gasteiger partial charge in [0.2, 0.25) is 5.79 Å². The molecule has 0 radical (unpaired) electrons. The topological polar surface area (TPSA) is 281 Å². The summed E-state index contributed by atoms with van der Waals surface area (Å²) < 4.78 is 0. The number of anilines is 2. The van der Waals surface area contributed by atoms with E-state index in [0.29, 0.717) is 6.07 Å². The number of hydrogen-bond donors (Lipinski definition) is 10. The van der Waals surface area contributed by atoms with Gasteiger partial charge in [-0.2, -0.15) is 10.2 Å². The van der Waals surface area contributed by atoms with E-state index in [-0.39, 0.29) is 11.4 Å². The van der Waals surface area contributed by atoms with Crippen molar-refractivity contribution in [3.8, 4) is 6.07 Å². The van der Waals surface area contributed by atoms with E-state index >= 15 is 0 Å². The molecule has 1 aliphatic rings. The summed E-state index contributed by atoms with van der Waals surface area (Å²) in [5.74, 6) is -21.0. The maximum atomic E-state index is 12.4. The van der Waals surface area contributed by atoms with Gasteiger partial charge in [-0.15, -0.1) is 0 Å². The molecule has 2 rings (SSSR count). The number of nitrogens with two attached hydrogens (primary N) is 1. The molecule has 16 heteroatoms. The fraction of sp³-hybridized carbons (Fsp3) is 0.500. The predicted octanol–water partition coefficient (Wildman–Crippen LogP) is -5.56. The lowest BCUT2D eigenvalue weighted by molar-refractivity contribution is -0.497. The van der Waals surface area contributed by atoms with Crippen molar-refractivity contribution in [1.29, 1.82) is 5.26 Å². The molecule has 1 saturated heterocycles. The number of carbonyl (C=O) groups excluding carboxylic acids is 1. The fourth-order valence-corrected chi connectivity index (χ4v) is 3.57. The van der Waals surface area contributed by atoms with Crippen LogP contribution in [0.25, 0.3) is 6.08 Å². The first-order chi connectivity index (χ1) is 14.4. The highest BCUT2D eigenvalue weighted by atomic mass is 16.6. The first-order valence-electron chi connectivity index (χ1n) is 8.69. The van der Waals surface area contributed by atoms with Crippen LogP contribution in [0.3, 0.4) is 0 Å². The minimum Gasteiger partial charge on any atom is -0.385 e. The molecule has 1 aliphatic heterocycles. The second-order valence-electron chi connectivity index (χ2n) is 7.21. The van der Waals surface area contributed by atoms with E-state index in [1.807, 2.05) is 0 Å². The Labute approximate surface area is 178 Å². The highest BCUT2D eigenvalue weighted by Crippen LogP contribution is 2.46. The molecule has 1 aromatic heterocycles. The van der Waals surface area contributed by atoms with Crippen LogP contribution < -0.4 is 16.3 Å². The predicted molar refractivity (Wildman–Crippen MR) is 102 cm³/mol. The van der Waals surface area contributed by atoms with Crippen molar-refractivity contribution in [3.63, 3.8) is 0 Å². The number of nitrogen functional groups attached to an aromatic ring is 1. The smallest absolute Gasteiger partial charge is 0.348 e. The number of nitriles is 1. The Hall–Kier alpha value is -3.14. The SMILES string of the molecule is C=Cc1c(N(C)C2C(C)C(O)(O)C(O)(O)N(C(=O)C(O)(O)C#N)C2(O)O)nc(=O)[nH]c1N. The van der Waals surface area contributed by atoms with Crippen molar-refractivity contribution in [2.45, 2.75) is 36.4 Å². The highest BCUT2D eigenvalue weighted by molar-refractivity contribution is 5.87. The summed E-state index contributed by atoms with van der Waals surface area (Å²) in [6.45, 7) is 4.36. The molecule has 2 unspecified atom stereocenters. The molecule has 16 nitrogen and oxygen atoms in total. The van der Waals surface area contributed by atoms with Gasteiger partial charge in [-0.05, 0) is 0 Å². The first-order valence-corrected chi connectivity index (χ1v) is 8.69. The Morgan fingerprint density at radius 3 is 2.34 bits per heavy atom. The zero-order valence-electron chi connectivity index (χ0n) is 16.7. The van der Waals surface area contributed by atoms with E-state index in [1.54, 1.807) is 0 Å². The quantitative estimate of drug-likeness (QED) is 0.149. The number of amides is 1. The van der Waals surface area contributed by atoms with E-state index in [1.165, 1.54) is 0 Å². The fourth-order valence-electron chi connectivity index (χ4n) is 3.57. The van der Waals surface area contributed by atoms with Crippen molar-refractivity contribution in [3.05, 3.63) is 22.6 Å². The largest absolute Gasteiger partial charge is 0.385 e. The van der Waals surface area contributed by atoms with E-state index in [0.717, 1.165) is 24.9 Å². The summed E-state index contributed by atoms with van der Waals surface area (Å²) in [4.78, 5) is 29.8. The molecule has 1 amide bonds. The molecule has 32 heavy (non-hydrogen) atoms. The normalized spacial score (nSPS) is 23.8. The minimum absolute atomic E-state index is 0.0741. The molecule has 1 fully saturated rings. The van der Waals surface area contributed by atoms with Crippen molar-refractivity contribution in [2.24, 2.45) is 5.92 Å². The van der Waals surface area contributed by atoms with Crippen LogP contribution in [-0.4, -0.2) is 98.1 Å². The number of carbonyl (C=O) groups is 1. The van der Waals surface area contributed by atoms with Crippen LogP contribution in [0.4, 0.5) is 11.6 Å². The second-order valence-corrected chi connectivity index (χ2v) is 7.21. The van der Waals surface area contributed by atoms with Gasteiger partial charge in [0.1, 0.15) is 23.7 Å². The molecule has 0 aliphatic carbocycles. The second kappa shape index (κ2) is 7.47. The number of likely N-dealkylation sites (N-methyl/N-ethyl adjacent to an activating group) is 1. The van der Waals surface area contributed by atoms with Crippen LogP contribution >= 0.6 is 0 Å². The van der Waals surface area contributed by atoms with Gasteiger partial charge in [-0.25, -0.2) is 9.69 Å². The van der Waals surface area contributed by atoms with Crippen LogP contribution in [-0.2, 0) is 4.79 Å². The van der Waals surface area contributed by atoms with Gasteiger partial charge in [0.15, 0.2) is 0 Å². The van der Waals surface area contributed by atoms with Crippen molar-refractivity contribution in [1.82, 2.24) is 14.9 Å². The Kier molecular flexibility index (Phi) is 5.87. The number of hydrogen-bond acceptors (Lipinski definition) is 14. The van der Waals surface area contributed by atoms with Crippen molar-refractivity contribution >= 4 is 23.6 Å². The van der Waals surface area contributed by atoms with E-state index < -0.39 is 57.7 Å². The first kappa shape index (κ1) is 25.1. The Morgan fingerprint density at radius 1 is 1.34 bits per heavy atom. The lowest BCUT2D eigenvalue weighted by Crippen LogP contribution is -2.86. The monoisotopic (exact) mass is 458 g/mol. The third kappa shape index (κ3) is 3.38. The van der Waals surface area contributed by atoms with Crippen LogP contribution in [0.2, 0.25) is 0 Å². The van der Waals surface area contributed by atoms with E-state index in [2.05, 4.69) is 16.5 Å². The summed E-state index contributed by atoms with van der Waals surface area (Å²) in [5, 5.41) is 90.7. The van der Waals surface area contributed by atoms with Crippen LogP contribution in [0.5, 0.6) is 0 Å². The molecule has 2 atom stereocenters. The molecule has 11 N–H and O–H groups in total. The molecule has 0 aromatic carbocycles. The van der Waals surface area contributed by atoms with Gasteiger partial charge in [0.05, 0.1) is 5.56 Å². The maximum Gasteiger partial charge on any atom is 0.348 e. The molecule has 0 spiro atoms. The van der Waals surface area contributed by atoms with Crippen LogP contribution in [0.15, 0.2) is 11.4 Å². The standard InChI is InChI=1S/C16H22N6O10/c1-4-7-9(18)19-12(24)20-10(7)21(3)8-6(2)14(27,28)16(31,32)22(15(8,29)30)11(23)13(25,26)5-17/h4,6,8,25-32H,1H2,2-3H3,(H3,18,19,20,24). The third-order valence-electron chi connectivity index (χ3n) is 5.23. The number of likely N-dealkylation sites (tertiary alicyclic amines) is 1. The molecule has 0 bridgehead atoms. The number of aromatic nitrogens is 2. The van der Waals surface area contributed by atoms with Crippen LogP contribution in [0, 0.1) is 17.2 Å². The molecule has 0 saturated carbocycles. The summed E-state index contributed by atoms with van der Waals surface area (Å²) in [6, 6.07) is -1.50. The minimum atomic E-state index is -4.26. The van der Waals surface area contributed by atoms with Gasteiger partial charge in [-0.3, -0.25) is 9.78 Å². The molecule has 2 heterocycles. The lowest BCUT2D eigenvalue weighted by atomic mass is 9.80. The van der Waals surface area contributed by atoms with E-state index in [9.17, 15) is 50.4 Å². The average Bonchev–Trinajstić information content (AvgIpc) is 2.65. The number of piperidine rings is 1. The summed E-state index contributed by atoms with van der Waals surface area (Å²) in [6.07, 6.45) is 1.10. The maximum absolute atomic E-state index is 12.4. The summed E-state index contributed by atoms with van der Waals surface area (Å²) in [7, 11) is 1.03. The van der Waals surface area contributed by atoms with Gasteiger partial charge in [0.25, 0.3) is 5.91 Å². The van der Waals surface area contributed by atoms with Crippen molar-refractivity contribution < 1.29 is 45.6 Å². The average molecular weight is 458 g/mol. The number of nitrogens with zero attached hydrogens (tertiary/aromatic N) is 4. The number of aromatic amines is 1. The summed E-state index contributed by atoms with van der Waals surface area (Å²) >= 11 is 0. The van der Waals surface area contributed by atoms with Crippen LogP contribution in [0.1, 0.15) is 12.5 Å². The summed E-state index contributed by atoms with van der Waals surface area (Å²) in [5.41, 5.74) is 4.60. The lowest BCUT2D eigenvalue weighted by Gasteiger charge is -2.59. The number of H-pyrrole nitrogens is 1. The number of aliphatic hydroxyl groups is 8. The zero-order chi connectivity index (χ0) is 25.0. The van der Waals surface area contributed by atoms with Gasteiger partial charge in [-0.1, -0.05) is 19.6 Å². The molecule has 176 valence electrons. The number of nitrogens with one attached hydrogen (secondary N) is 1. The van der Waals surface area contributed by atoms with Gasteiger partial charge >= 0.3 is 23.3 Å². The number of rotatable bonds is 4. The Morgan fingerprint density at radius 2 is 1.88 bits per heavy atom. The molecular weight excluding hydrogens is 436 g/mol. The van der Waals surface area contributed by atoms with Gasteiger partial charge in [0, 0.05) is 13.0 Å². The van der Waals surface area contributed by atoms with Crippen molar-refractivity contribution in [2.75, 3.05) is 17.7 Å². The van der Waals surface area contributed by atoms with E-state index in [4.69, 9.17) is 11.0 Å². The molecule has 1 aromatic rings.